The van der Waals surface area contributed by atoms with E-state index in [9.17, 15) is 5.11 Å². The van der Waals surface area contributed by atoms with Gasteiger partial charge in [-0.05, 0) is 38.0 Å². The van der Waals surface area contributed by atoms with Crippen LogP contribution in [0, 0.1) is 5.92 Å². The molecule has 0 saturated carbocycles. The number of aliphatic hydroxyl groups is 1. The molecule has 116 valence electrons. The lowest BCUT2D eigenvalue weighted by atomic mass is 9.53. The number of nitrogens with zero attached hydrogens (tertiary/aromatic N) is 1. The number of ether oxygens (including phenoxy) is 2. The van der Waals surface area contributed by atoms with Gasteiger partial charge in [-0.2, -0.15) is 0 Å². The lowest BCUT2D eigenvalue weighted by Crippen LogP contribution is -2.64. The molecule has 5 atom stereocenters. The summed E-state index contributed by atoms with van der Waals surface area (Å²) in [5.74, 6) is -0.724. The summed E-state index contributed by atoms with van der Waals surface area (Å²) in [5.41, 5.74) is -0.554. The Morgan fingerprint density at radius 2 is 2.45 bits per heavy atom. The highest BCUT2D eigenvalue weighted by Gasteiger charge is 2.64. The summed E-state index contributed by atoms with van der Waals surface area (Å²) in [5, 5.41) is 10.8. The van der Waals surface area contributed by atoms with Gasteiger partial charge in [0.25, 0.3) is 0 Å². The van der Waals surface area contributed by atoms with E-state index in [4.69, 9.17) is 19.1 Å². The molecule has 2 unspecified atom stereocenters. The maximum atomic E-state index is 10.8. The summed E-state index contributed by atoms with van der Waals surface area (Å²) in [7, 11) is -0.948. The van der Waals surface area contributed by atoms with Gasteiger partial charge in [0.2, 0.25) is 0 Å². The summed E-state index contributed by atoms with van der Waals surface area (Å²) in [6, 6.07) is 2.20. The van der Waals surface area contributed by atoms with Crippen molar-refractivity contribution in [1.82, 2.24) is 4.90 Å². The molecule has 22 heavy (non-hydrogen) atoms. The van der Waals surface area contributed by atoms with E-state index in [0.717, 1.165) is 0 Å². The van der Waals surface area contributed by atoms with Crippen molar-refractivity contribution in [2.24, 2.45) is 5.92 Å². The third-order valence-electron chi connectivity index (χ3n) is 5.53. The Morgan fingerprint density at radius 1 is 1.55 bits per heavy atom. The Bertz CT molecular complexity index is 946. The standard InChI is InChI=1S/C18H21NO3/c1-19-8-7-18-11-4-5-13(20)17(18)22-16-14(21-2)6-3-10(15(16)18)9-12(11)19/h3-6,11-13,17,20H,7-9H2,1-2H3/t11-,12+,13?,17?,18-/m0/s1/i2D3,9D2,13D,17D. The van der Waals surface area contributed by atoms with Crippen LogP contribution in [0.5, 0.6) is 11.5 Å². The molecule has 4 aliphatic rings. The van der Waals surface area contributed by atoms with Gasteiger partial charge in [0.05, 0.1) is 13.9 Å². The molecule has 1 aromatic rings. The Balaban J connectivity index is 1.87. The molecule has 0 aromatic heterocycles. The van der Waals surface area contributed by atoms with E-state index in [-0.39, 0.29) is 11.5 Å². The van der Waals surface area contributed by atoms with E-state index in [2.05, 4.69) is 0 Å². The molecular formula is C18H21NO3. The lowest BCUT2D eigenvalue weighted by Gasteiger charge is -2.56. The van der Waals surface area contributed by atoms with E-state index in [1.165, 1.54) is 18.2 Å². The smallest absolute Gasteiger partial charge is 0.165 e. The summed E-state index contributed by atoms with van der Waals surface area (Å²) in [6.45, 7) is 0.442. The molecule has 1 N–H and O–H groups in total. The summed E-state index contributed by atoms with van der Waals surface area (Å²) < 4.78 is 68.6. The van der Waals surface area contributed by atoms with Crippen molar-refractivity contribution >= 4 is 0 Å². The number of hydrogen-bond donors (Lipinski definition) is 1. The molecule has 4 nitrogen and oxygen atoms in total. The quantitative estimate of drug-likeness (QED) is 0.799. The molecular weight excluding hydrogens is 278 g/mol. The van der Waals surface area contributed by atoms with E-state index in [1.807, 2.05) is 11.9 Å². The molecule has 4 heteroatoms. The topological polar surface area (TPSA) is 41.9 Å². The van der Waals surface area contributed by atoms with Crippen molar-refractivity contribution in [3.63, 3.8) is 0 Å². The Morgan fingerprint density at radius 3 is 3.32 bits per heavy atom. The van der Waals surface area contributed by atoms with Crippen molar-refractivity contribution in [1.29, 1.82) is 0 Å². The van der Waals surface area contributed by atoms with Crippen molar-refractivity contribution < 1.29 is 24.2 Å². The van der Waals surface area contributed by atoms with E-state index in [1.54, 1.807) is 6.08 Å². The van der Waals surface area contributed by atoms with Crippen LogP contribution in [-0.2, 0) is 11.8 Å². The molecule has 2 aliphatic carbocycles. The maximum absolute atomic E-state index is 10.8. The first-order valence-corrected chi connectivity index (χ1v) is 7.44. The Kier molecular flexibility index (Phi) is 1.45. The largest absolute Gasteiger partial charge is 0.493 e. The third-order valence-corrected chi connectivity index (χ3v) is 5.53. The average molecular weight is 306 g/mol. The molecule has 5 rings (SSSR count). The zero-order valence-electron chi connectivity index (χ0n) is 19.1. The number of methoxy groups -OCH3 is 1. The van der Waals surface area contributed by atoms with Gasteiger partial charge in [0.1, 0.15) is 12.2 Å². The van der Waals surface area contributed by atoms with E-state index < -0.39 is 42.9 Å². The average Bonchev–Trinajstić information content (AvgIpc) is 2.85. The van der Waals surface area contributed by atoms with Crippen LogP contribution in [-0.4, -0.2) is 48.8 Å². The zero-order valence-corrected chi connectivity index (χ0v) is 12.1. The van der Waals surface area contributed by atoms with Crippen LogP contribution in [0.25, 0.3) is 0 Å². The zero-order chi connectivity index (χ0) is 21.2. The Hall–Kier alpha value is -1.52. The molecule has 2 bridgehead atoms. The highest BCUT2D eigenvalue weighted by atomic mass is 16.5. The molecule has 2 aliphatic heterocycles. The van der Waals surface area contributed by atoms with Crippen molar-refractivity contribution in [3.8, 4) is 11.5 Å². The predicted octanol–water partition coefficient (Wildman–Crippen LogP) is 1.50. The van der Waals surface area contributed by atoms with Gasteiger partial charge in [-0.1, -0.05) is 18.2 Å². The second-order valence-electron chi connectivity index (χ2n) is 6.41. The number of likely N-dealkylation sites (tertiary alicyclic amines) is 1. The number of hydrogen-bond acceptors (Lipinski definition) is 4. The number of benzene rings is 1. The van der Waals surface area contributed by atoms with E-state index >= 15 is 0 Å². The maximum Gasteiger partial charge on any atom is 0.165 e. The molecule has 1 aromatic carbocycles. The molecule has 1 spiro atoms. The van der Waals surface area contributed by atoms with Gasteiger partial charge in [0, 0.05) is 25.7 Å². The minimum Gasteiger partial charge on any atom is -0.493 e. The first kappa shape index (κ1) is 7.84. The van der Waals surface area contributed by atoms with Crippen LogP contribution < -0.4 is 9.47 Å². The number of piperidine rings is 1. The normalized spacial score (nSPS) is 55.3. The fraction of sp³-hybridized carbons (Fsp3) is 0.556. The van der Waals surface area contributed by atoms with Crippen molar-refractivity contribution in [2.75, 3.05) is 20.6 Å². The van der Waals surface area contributed by atoms with E-state index in [0.29, 0.717) is 24.1 Å². The fourth-order valence-electron chi connectivity index (χ4n) is 4.55. The van der Waals surface area contributed by atoms with Gasteiger partial charge in [-0.15, -0.1) is 0 Å². The first-order chi connectivity index (χ1) is 13.3. The van der Waals surface area contributed by atoms with Gasteiger partial charge in [-0.25, -0.2) is 0 Å². The molecule has 1 saturated heterocycles. The molecule has 0 radical (unpaired) electrons. The SMILES string of the molecule is [2H]C([2H])([2H])Oc1ccc2c3c1OC1([2H])C([2H])(O)C=C[C@H]4[C@H](N(C)CC[C@@]341)C2([2H])[2H]. The van der Waals surface area contributed by atoms with Gasteiger partial charge in [-0.3, -0.25) is 0 Å². The predicted molar refractivity (Wildman–Crippen MR) is 82.5 cm³/mol. The van der Waals surface area contributed by atoms with Crippen LogP contribution in [0.4, 0.5) is 0 Å². The third kappa shape index (κ3) is 1.28. The number of likely N-dealkylation sites (N-methyl/N-ethyl adjacent to an activating group) is 1. The van der Waals surface area contributed by atoms with Gasteiger partial charge >= 0.3 is 0 Å². The second-order valence-corrected chi connectivity index (χ2v) is 6.41. The molecule has 2 heterocycles. The highest BCUT2D eigenvalue weighted by Crippen LogP contribution is 2.62. The second kappa shape index (κ2) is 4.06. The lowest BCUT2D eigenvalue weighted by molar-refractivity contribution is -0.0453. The molecule has 1 fully saturated rings. The highest BCUT2D eigenvalue weighted by molar-refractivity contribution is 5.62. The van der Waals surface area contributed by atoms with Crippen LogP contribution in [0.15, 0.2) is 24.3 Å². The first-order valence-electron chi connectivity index (χ1n) is 10.9. The summed E-state index contributed by atoms with van der Waals surface area (Å²) in [6.07, 6.45) is -3.22. The monoisotopic (exact) mass is 306 g/mol. The van der Waals surface area contributed by atoms with Crippen LogP contribution in [0.1, 0.15) is 27.1 Å². The van der Waals surface area contributed by atoms with Crippen molar-refractivity contribution in [3.05, 3.63) is 35.4 Å². The van der Waals surface area contributed by atoms with Crippen LogP contribution >= 0.6 is 0 Å². The Labute approximate surface area is 140 Å². The fourth-order valence-corrected chi connectivity index (χ4v) is 4.55. The summed E-state index contributed by atoms with van der Waals surface area (Å²) in [4.78, 5) is 1.91. The van der Waals surface area contributed by atoms with Gasteiger partial charge < -0.3 is 19.5 Å². The molecule has 0 amide bonds. The number of rotatable bonds is 1. The van der Waals surface area contributed by atoms with Crippen LogP contribution in [0.3, 0.4) is 0 Å². The minimum absolute atomic E-state index is 0.0557. The van der Waals surface area contributed by atoms with Crippen molar-refractivity contribution in [2.45, 2.75) is 36.4 Å². The van der Waals surface area contributed by atoms with Gasteiger partial charge in [0.15, 0.2) is 11.5 Å². The minimum atomic E-state index is -2.77. The van der Waals surface area contributed by atoms with Crippen LogP contribution in [0.2, 0.25) is 0 Å². The summed E-state index contributed by atoms with van der Waals surface area (Å²) >= 11 is 0.